The highest BCUT2D eigenvalue weighted by Gasteiger charge is 2.34. The van der Waals surface area contributed by atoms with E-state index in [0.717, 1.165) is 16.3 Å². The Bertz CT molecular complexity index is 914. The second-order valence-electron chi connectivity index (χ2n) is 5.11. The van der Waals surface area contributed by atoms with Crippen molar-refractivity contribution in [3.8, 4) is 6.01 Å². The van der Waals surface area contributed by atoms with Crippen LogP contribution in [0.15, 0.2) is 42.2 Å². The molecule has 120 valence electrons. The first-order valence-electron chi connectivity index (χ1n) is 7.04. The van der Waals surface area contributed by atoms with E-state index in [-0.39, 0.29) is 11.9 Å². The summed E-state index contributed by atoms with van der Waals surface area (Å²) in [6, 6.07) is 7.17. The molecule has 1 aliphatic rings. The van der Waals surface area contributed by atoms with Gasteiger partial charge in [-0.05, 0) is 12.1 Å². The highest BCUT2D eigenvalue weighted by molar-refractivity contribution is 7.09. The highest BCUT2D eigenvalue weighted by Crippen LogP contribution is 2.47. The molecule has 4 N–H and O–H groups in total. The summed E-state index contributed by atoms with van der Waals surface area (Å²) in [6.45, 7) is 0. The lowest BCUT2D eigenvalue weighted by Crippen LogP contribution is -2.26. The Morgan fingerprint density at radius 3 is 2.88 bits per heavy atom. The van der Waals surface area contributed by atoms with Gasteiger partial charge in [0.1, 0.15) is 6.17 Å². The molecule has 9 heteroatoms. The molecule has 24 heavy (non-hydrogen) atoms. The summed E-state index contributed by atoms with van der Waals surface area (Å²) in [7, 11) is 0. The van der Waals surface area contributed by atoms with E-state index in [9.17, 15) is 9.90 Å². The molecule has 1 atom stereocenters. The number of carbonyl (C=O) groups is 1. The van der Waals surface area contributed by atoms with Crippen LogP contribution < -0.4 is 16.0 Å². The van der Waals surface area contributed by atoms with Gasteiger partial charge < -0.3 is 21.1 Å². The van der Waals surface area contributed by atoms with E-state index < -0.39 is 11.9 Å². The average molecular weight is 340 g/mol. The number of hydrogen-bond donors (Lipinski definition) is 3. The van der Waals surface area contributed by atoms with Crippen LogP contribution in [0.1, 0.15) is 21.5 Å². The van der Waals surface area contributed by atoms with E-state index in [1.807, 2.05) is 29.2 Å². The Morgan fingerprint density at radius 1 is 1.29 bits per heavy atom. The number of hydrogen-bond acceptors (Lipinski definition) is 8. The summed E-state index contributed by atoms with van der Waals surface area (Å²) in [5.41, 5.74) is 9.30. The maximum Gasteiger partial charge on any atom is 0.314 e. The fraction of sp³-hybridized carbons (Fsp3) is 0.0667. The number of anilines is 3. The van der Waals surface area contributed by atoms with Crippen molar-refractivity contribution in [2.45, 2.75) is 6.17 Å². The van der Waals surface area contributed by atoms with Gasteiger partial charge in [0.05, 0.1) is 33.6 Å². The summed E-state index contributed by atoms with van der Waals surface area (Å²) in [5, 5.41) is 12.9. The van der Waals surface area contributed by atoms with Gasteiger partial charge in [0.2, 0.25) is 0 Å². The Hall–Kier alpha value is -3.20. The number of aromatic hydroxyl groups is 1. The van der Waals surface area contributed by atoms with Crippen LogP contribution in [0.3, 0.4) is 0 Å². The lowest BCUT2D eigenvalue weighted by atomic mass is 10.2. The molecular weight excluding hydrogens is 328 g/mol. The van der Waals surface area contributed by atoms with Crippen LogP contribution in [0.25, 0.3) is 0 Å². The monoisotopic (exact) mass is 340 g/mol. The predicted molar refractivity (Wildman–Crippen MR) is 89.3 cm³/mol. The molecule has 3 heterocycles. The molecule has 1 aromatic carbocycles. The second-order valence-corrected chi connectivity index (χ2v) is 6.02. The van der Waals surface area contributed by atoms with Crippen molar-refractivity contribution in [3.05, 3.63) is 52.7 Å². The number of primary amides is 1. The smallest absolute Gasteiger partial charge is 0.314 e. The van der Waals surface area contributed by atoms with Crippen LogP contribution in [0.5, 0.6) is 6.01 Å². The minimum absolute atomic E-state index is 0.0458. The molecule has 0 saturated heterocycles. The third kappa shape index (κ3) is 2.22. The Morgan fingerprint density at radius 2 is 2.12 bits per heavy atom. The zero-order chi connectivity index (χ0) is 16.7. The first-order valence-corrected chi connectivity index (χ1v) is 7.92. The topological polar surface area (TPSA) is 117 Å². The maximum atomic E-state index is 11.8. The van der Waals surface area contributed by atoms with E-state index in [0.29, 0.717) is 5.69 Å². The van der Waals surface area contributed by atoms with E-state index in [2.05, 4.69) is 20.3 Å². The van der Waals surface area contributed by atoms with Gasteiger partial charge in [-0.25, -0.2) is 4.98 Å². The summed E-state index contributed by atoms with van der Waals surface area (Å²) in [6.07, 6.45) is 2.87. The van der Waals surface area contributed by atoms with Crippen molar-refractivity contribution in [2.75, 3.05) is 10.2 Å². The van der Waals surface area contributed by atoms with Gasteiger partial charge in [-0.15, -0.1) is 11.3 Å². The molecule has 2 aromatic heterocycles. The number of aromatic nitrogens is 3. The van der Waals surface area contributed by atoms with Gasteiger partial charge in [0.15, 0.2) is 5.69 Å². The minimum Gasteiger partial charge on any atom is -0.479 e. The molecule has 0 bridgehead atoms. The molecule has 0 saturated carbocycles. The van der Waals surface area contributed by atoms with Crippen LogP contribution in [-0.4, -0.2) is 26.0 Å². The van der Waals surface area contributed by atoms with Crippen molar-refractivity contribution in [3.63, 3.8) is 0 Å². The number of thiazole rings is 1. The number of para-hydroxylation sites is 2. The molecule has 4 rings (SSSR count). The highest BCUT2D eigenvalue weighted by atomic mass is 32.1. The van der Waals surface area contributed by atoms with Crippen LogP contribution in [-0.2, 0) is 0 Å². The van der Waals surface area contributed by atoms with E-state index >= 15 is 0 Å². The lowest BCUT2D eigenvalue weighted by molar-refractivity contribution is 0.0995. The van der Waals surface area contributed by atoms with Gasteiger partial charge in [0.25, 0.3) is 5.91 Å². The fourth-order valence-electron chi connectivity index (χ4n) is 2.71. The predicted octanol–water partition coefficient (Wildman–Crippen LogP) is 2.00. The quantitative estimate of drug-likeness (QED) is 0.667. The van der Waals surface area contributed by atoms with Gasteiger partial charge in [-0.2, -0.15) is 4.98 Å². The number of rotatable bonds is 3. The largest absolute Gasteiger partial charge is 0.479 e. The third-order valence-electron chi connectivity index (χ3n) is 3.68. The molecule has 8 nitrogen and oxygen atoms in total. The van der Waals surface area contributed by atoms with Gasteiger partial charge in [-0.1, -0.05) is 12.1 Å². The van der Waals surface area contributed by atoms with Gasteiger partial charge in [-0.3, -0.25) is 9.78 Å². The zero-order valence-electron chi connectivity index (χ0n) is 12.2. The number of nitrogens with zero attached hydrogens (tertiary/aromatic N) is 4. The van der Waals surface area contributed by atoms with Crippen LogP contribution in [0, 0.1) is 0 Å². The molecule has 1 unspecified atom stereocenters. The normalized spacial score (nSPS) is 15.8. The summed E-state index contributed by atoms with van der Waals surface area (Å²) in [4.78, 5) is 26.4. The van der Waals surface area contributed by atoms with Crippen LogP contribution >= 0.6 is 11.3 Å². The van der Waals surface area contributed by atoms with Crippen molar-refractivity contribution >= 4 is 34.3 Å². The first-order chi connectivity index (χ1) is 11.6. The molecular formula is C15H12N6O2S. The summed E-state index contributed by atoms with van der Waals surface area (Å²) < 4.78 is 0. The molecule has 0 spiro atoms. The third-order valence-corrected chi connectivity index (χ3v) is 4.51. The van der Waals surface area contributed by atoms with Crippen molar-refractivity contribution < 1.29 is 9.90 Å². The fourth-order valence-corrected chi connectivity index (χ4v) is 3.37. The lowest BCUT2D eigenvalue weighted by Gasteiger charge is -2.26. The molecule has 3 aromatic rings. The second kappa shape index (κ2) is 5.46. The summed E-state index contributed by atoms with van der Waals surface area (Å²) >= 11 is 1.48. The molecule has 1 amide bonds. The number of nitrogens with one attached hydrogen (secondary N) is 1. The summed E-state index contributed by atoms with van der Waals surface area (Å²) in [5.74, 6) is -0.741. The molecule has 0 radical (unpaired) electrons. The van der Waals surface area contributed by atoms with E-state index in [4.69, 9.17) is 5.73 Å². The Kier molecular flexibility index (Phi) is 3.28. The van der Waals surface area contributed by atoms with E-state index in [1.54, 1.807) is 11.7 Å². The number of benzene rings is 1. The average Bonchev–Trinajstić information content (AvgIpc) is 3.22. The molecule has 0 fully saturated rings. The first kappa shape index (κ1) is 14.4. The Balaban J connectivity index is 1.92. The number of nitrogens with two attached hydrogens (primary N) is 1. The SMILES string of the molecule is NC(=O)c1nc(O)ncc1N1c2ccccc2NC1c1cncs1. The van der Waals surface area contributed by atoms with Gasteiger partial charge >= 0.3 is 6.01 Å². The number of fused-ring (bicyclic) bond motifs is 1. The molecule has 1 aliphatic heterocycles. The van der Waals surface area contributed by atoms with Crippen molar-refractivity contribution in [2.24, 2.45) is 5.73 Å². The van der Waals surface area contributed by atoms with Crippen LogP contribution in [0.2, 0.25) is 0 Å². The van der Waals surface area contributed by atoms with E-state index in [1.165, 1.54) is 17.5 Å². The standard InChI is InChI=1S/C15H12N6O2S/c16-13(22)12-10(5-18-15(23)20-12)21-9-4-2-1-3-8(9)19-14(21)11-6-17-7-24-11/h1-7,14,19H,(H2,16,22)(H,18,20,23). The maximum absolute atomic E-state index is 11.8. The number of carbonyl (C=O) groups excluding carboxylic acids is 1. The Labute approximate surface area is 140 Å². The molecule has 0 aliphatic carbocycles. The van der Waals surface area contributed by atoms with Crippen molar-refractivity contribution in [1.29, 1.82) is 0 Å². The zero-order valence-corrected chi connectivity index (χ0v) is 13.1. The number of amides is 1. The minimum atomic E-state index is -0.741. The van der Waals surface area contributed by atoms with Crippen molar-refractivity contribution in [1.82, 2.24) is 15.0 Å². The van der Waals surface area contributed by atoms with Gasteiger partial charge in [0, 0.05) is 6.20 Å². The van der Waals surface area contributed by atoms with Crippen LogP contribution in [0.4, 0.5) is 17.1 Å².